The molecule has 2 aromatic rings. The van der Waals surface area contributed by atoms with Crippen LogP contribution in [0.3, 0.4) is 0 Å². The second kappa shape index (κ2) is 7.30. The Bertz CT molecular complexity index is 947. The van der Waals surface area contributed by atoms with Crippen LogP contribution in [0.5, 0.6) is 0 Å². The lowest BCUT2D eigenvalue weighted by Crippen LogP contribution is -2.28. The maximum absolute atomic E-state index is 11.8. The third-order valence-corrected chi connectivity index (χ3v) is 6.05. The predicted octanol–water partition coefficient (Wildman–Crippen LogP) is 1.49. The summed E-state index contributed by atoms with van der Waals surface area (Å²) in [5, 5.41) is 20.6. The van der Waals surface area contributed by atoms with Gasteiger partial charge in [-0.2, -0.15) is 0 Å². The van der Waals surface area contributed by atoms with Gasteiger partial charge in [0.15, 0.2) is 0 Å². The van der Waals surface area contributed by atoms with E-state index in [1.54, 1.807) is 6.20 Å². The van der Waals surface area contributed by atoms with Gasteiger partial charge in [-0.1, -0.05) is 6.07 Å². The van der Waals surface area contributed by atoms with Crippen molar-refractivity contribution in [2.75, 3.05) is 18.5 Å². The molecule has 1 unspecified atom stereocenters. The smallest absolute Gasteiger partial charge is 0.394 e. The molecule has 0 radical (unpaired) electrons. The summed E-state index contributed by atoms with van der Waals surface area (Å²) in [5.74, 6) is -4.13. The van der Waals surface area contributed by atoms with Crippen LogP contribution in [0.4, 0.5) is 5.00 Å². The van der Waals surface area contributed by atoms with Crippen molar-refractivity contribution in [2.24, 2.45) is 0 Å². The molecule has 146 valence electrons. The zero-order valence-corrected chi connectivity index (χ0v) is 15.5. The Labute approximate surface area is 163 Å². The third kappa shape index (κ3) is 3.37. The van der Waals surface area contributed by atoms with E-state index in [9.17, 15) is 19.5 Å². The number of thiophene rings is 1. The Morgan fingerprint density at radius 2 is 2.14 bits per heavy atom. The molecule has 4 rings (SSSR count). The second-order valence-electron chi connectivity index (χ2n) is 6.60. The van der Waals surface area contributed by atoms with Crippen molar-refractivity contribution < 1.29 is 29.3 Å². The molecule has 0 saturated carbocycles. The number of hydrogen-bond acceptors (Lipinski definition) is 7. The van der Waals surface area contributed by atoms with Crippen molar-refractivity contribution in [3.05, 3.63) is 45.6 Å². The van der Waals surface area contributed by atoms with Crippen molar-refractivity contribution >= 4 is 34.2 Å². The number of carbonyl (C=O) groups excluding carboxylic acids is 1. The van der Waals surface area contributed by atoms with Crippen molar-refractivity contribution in [3.63, 3.8) is 0 Å². The Kier molecular flexibility index (Phi) is 4.84. The van der Waals surface area contributed by atoms with Crippen LogP contribution in [0.1, 0.15) is 38.2 Å². The number of fused-ring (bicyclic) bond motifs is 2. The molecule has 4 heterocycles. The fourth-order valence-electron chi connectivity index (χ4n) is 3.61. The summed E-state index contributed by atoms with van der Waals surface area (Å²) in [5.41, 5.74) is 2.73. The zero-order valence-electron chi connectivity index (χ0n) is 14.7. The summed E-state index contributed by atoms with van der Waals surface area (Å²) in [6, 6.07) is 3.93. The first-order valence-electron chi connectivity index (χ1n) is 8.64. The highest BCUT2D eigenvalue weighted by atomic mass is 32.1. The summed E-state index contributed by atoms with van der Waals surface area (Å²) in [6.45, 7) is 2.33. The number of anilines is 1. The Morgan fingerprint density at radius 3 is 2.86 bits per heavy atom. The van der Waals surface area contributed by atoms with Gasteiger partial charge in [0.05, 0.1) is 17.9 Å². The number of ether oxygens (including phenoxy) is 1. The number of hydrogen-bond donors (Lipinski definition) is 3. The summed E-state index contributed by atoms with van der Waals surface area (Å²) in [7, 11) is 0. The highest BCUT2D eigenvalue weighted by molar-refractivity contribution is 7.17. The molecule has 0 aliphatic carbocycles. The summed E-state index contributed by atoms with van der Waals surface area (Å²) in [6.07, 6.45) is 1.80. The molecule has 1 amide bonds. The first-order chi connectivity index (χ1) is 13.4. The largest absolute Gasteiger partial charge is 0.478 e. The quantitative estimate of drug-likeness (QED) is 0.655. The maximum atomic E-state index is 11.8. The third-order valence-electron chi connectivity index (χ3n) is 4.81. The van der Waals surface area contributed by atoms with Gasteiger partial charge in [-0.15, -0.1) is 11.3 Å². The van der Waals surface area contributed by atoms with Crippen LogP contribution >= 0.6 is 11.3 Å². The molecule has 2 aliphatic heterocycles. The fraction of sp³-hybridized carbons (Fsp3) is 0.333. The lowest BCUT2D eigenvalue weighted by atomic mass is 10.0. The number of pyridine rings is 1. The maximum Gasteiger partial charge on any atom is 0.394 e. The lowest BCUT2D eigenvalue weighted by Gasteiger charge is -2.27. The molecule has 1 atom stereocenters. The average Bonchev–Trinajstić information content (AvgIpc) is 3.22. The normalized spacial score (nSPS) is 18.4. The Morgan fingerprint density at radius 1 is 1.32 bits per heavy atom. The van der Waals surface area contributed by atoms with Crippen molar-refractivity contribution in [1.29, 1.82) is 0 Å². The molecule has 3 N–H and O–H groups in total. The van der Waals surface area contributed by atoms with Crippen molar-refractivity contribution in [3.8, 4) is 0 Å². The number of carboxylic acid groups (broad SMARTS) is 2. The molecule has 28 heavy (non-hydrogen) atoms. The van der Waals surface area contributed by atoms with E-state index < -0.39 is 17.8 Å². The number of aliphatic carboxylic acids is 1. The van der Waals surface area contributed by atoms with E-state index in [1.807, 2.05) is 12.1 Å². The highest BCUT2D eigenvalue weighted by Gasteiger charge is 2.34. The molecule has 2 aliphatic rings. The minimum absolute atomic E-state index is 0.0341. The summed E-state index contributed by atoms with van der Waals surface area (Å²) in [4.78, 5) is 41.4. The van der Waals surface area contributed by atoms with Crippen LogP contribution in [0.15, 0.2) is 18.3 Å². The number of carboxylic acids is 2. The fourth-order valence-corrected chi connectivity index (χ4v) is 4.88. The first kappa shape index (κ1) is 18.5. The number of nitrogens with one attached hydrogen (secondary N) is 1. The summed E-state index contributed by atoms with van der Waals surface area (Å²) < 4.78 is 5.89. The molecule has 0 aromatic carbocycles. The summed E-state index contributed by atoms with van der Waals surface area (Å²) >= 11 is 1.07. The van der Waals surface area contributed by atoms with E-state index in [2.05, 4.69) is 15.2 Å². The van der Waals surface area contributed by atoms with Crippen LogP contribution in [-0.4, -0.2) is 51.1 Å². The van der Waals surface area contributed by atoms with Crippen LogP contribution in [-0.2, 0) is 33.8 Å². The monoisotopic (exact) mass is 403 g/mol. The molecule has 0 spiro atoms. The minimum atomic E-state index is -1.67. The van der Waals surface area contributed by atoms with Crippen LogP contribution in [0.25, 0.3) is 0 Å². The van der Waals surface area contributed by atoms with Gasteiger partial charge in [-0.05, 0) is 23.6 Å². The van der Waals surface area contributed by atoms with Gasteiger partial charge in [0, 0.05) is 30.7 Å². The van der Waals surface area contributed by atoms with E-state index in [1.165, 1.54) is 0 Å². The number of nitrogens with zero attached hydrogens (tertiary/aromatic N) is 2. The van der Waals surface area contributed by atoms with Gasteiger partial charge in [0.1, 0.15) is 11.1 Å². The number of aromatic carboxylic acids is 1. The van der Waals surface area contributed by atoms with E-state index >= 15 is 0 Å². The van der Waals surface area contributed by atoms with Crippen LogP contribution in [0.2, 0.25) is 0 Å². The van der Waals surface area contributed by atoms with Gasteiger partial charge >= 0.3 is 17.8 Å². The van der Waals surface area contributed by atoms with Crippen LogP contribution < -0.4 is 5.32 Å². The SMILES string of the molecule is O=C(O)C(=O)Nc1sc2c(c1C(=O)O)CCOC2CN1Cc2cccnc2C1. The minimum Gasteiger partial charge on any atom is -0.478 e. The first-order valence-corrected chi connectivity index (χ1v) is 9.45. The Balaban J connectivity index is 1.60. The molecule has 2 aromatic heterocycles. The molecule has 0 fully saturated rings. The molecule has 9 nitrogen and oxygen atoms in total. The van der Waals surface area contributed by atoms with Gasteiger partial charge < -0.3 is 20.3 Å². The molecule has 10 heteroatoms. The van der Waals surface area contributed by atoms with Gasteiger partial charge in [0.2, 0.25) is 0 Å². The zero-order chi connectivity index (χ0) is 19.8. The number of rotatable bonds is 4. The van der Waals surface area contributed by atoms with Gasteiger partial charge in [0.25, 0.3) is 0 Å². The molecular formula is C18H17N3O6S. The molecular weight excluding hydrogens is 386 g/mol. The topological polar surface area (TPSA) is 129 Å². The number of carbonyl (C=O) groups is 3. The van der Waals surface area contributed by atoms with Crippen molar-refractivity contribution in [2.45, 2.75) is 25.6 Å². The van der Waals surface area contributed by atoms with Gasteiger partial charge in [-0.3, -0.25) is 14.7 Å². The van der Waals surface area contributed by atoms with Crippen LogP contribution in [0, 0.1) is 0 Å². The Hall–Kier alpha value is -2.82. The van der Waals surface area contributed by atoms with E-state index in [0.29, 0.717) is 36.6 Å². The highest BCUT2D eigenvalue weighted by Crippen LogP contribution is 2.42. The van der Waals surface area contributed by atoms with Gasteiger partial charge in [-0.25, -0.2) is 9.59 Å². The molecule has 0 saturated heterocycles. The second-order valence-corrected chi connectivity index (χ2v) is 7.65. The standard InChI is InChI=1S/C18H17N3O6S/c22-15(18(25)26)20-16-13(17(23)24)10-3-5-27-12(14(10)28-16)8-21-6-9-2-1-4-19-11(9)7-21/h1-2,4,12H,3,5-8H2,(H,20,22)(H,23,24)(H,25,26). The van der Waals surface area contributed by atoms with E-state index in [0.717, 1.165) is 29.1 Å². The average molecular weight is 403 g/mol. The molecule has 0 bridgehead atoms. The van der Waals surface area contributed by atoms with Crippen molar-refractivity contribution in [1.82, 2.24) is 9.88 Å². The number of amides is 1. The lowest BCUT2D eigenvalue weighted by molar-refractivity contribution is -0.147. The van der Waals surface area contributed by atoms with E-state index in [4.69, 9.17) is 9.84 Å². The predicted molar refractivity (Wildman–Crippen MR) is 98.3 cm³/mol. The number of aromatic nitrogens is 1. The van der Waals surface area contributed by atoms with E-state index in [-0.39, 0.29) is 16.7 Å².